The summed E-state index contributed by atoms with van der Waals surface area (Å²) in [4.78, 5) is 23.0. The summed E-state index contributed by atoms with van der Waals surface area (Å²) in [6.07, 6.45) is 8.08. The molecule has 2 aromatic heterocycles. The van der Waals surface area contributed by atoms with Crippen LogP contribution in [0.1, 0.15) is 30.6 Å². The molecule has 0 aliphatic carbocycles. The molecule has 0 radical (unpaired) electrons. The van der Waals surface area contributed by atoms with E-state index < -0.39 is 0 Å². The van der Waals surface area contributed by atoms with E-state index in [1.54, 1.807) is 29.4 Å². The first kappa shape index (κ1) is 13.8. The summed E-state index contributed by atoms with van der Waals surface area (Å²) in [6, 6.07) is 3.61. The van der Waals surface area contributed by atoms with Crippen molar-refractivity contribution in [3.05, 3.63) is 42.6 Å². The van der Waals surface area contributed by atoms with Gasteiger partial charge in [-0.25, -0.2) is 9.97 Å². The minimum Gasteiger partial charge on any atom is -0.338 e. The zero-order valence-electron chi connectivity index (χ0n) is 12.4. The first-order valence-electron chi connectivity index (χ1n) is 7.37. The summed E-state index contributed by atoms with van der Waals surface area (Å²) in [5, 5.41) is 0. The van der Waals surface area contributed by atoms with E-state index in [0.717, 1.165) is 18.9 Å². The van der Waals surface area contributed by atoms with E-state index in [2.05, 4.69) is 23.8 Å². The SMILES string of the molecule is C[C@@H]1C[C@H](C)CN(C(=O)c2ccnc(-n3ccnc3)c2)C1. The summed E-state index contributed by atoms with van der Waals surface area (Å²) in [5.74, 6) is 1.94. The average Bonchev–Trinajstić information content (AvgIpc) is 3.00. The topological polar surface area (TPSA) is 51.0 Å². The highest BCUT2D eigenvalue weighted by molar-refractivity contribution is 5.94. The maximum absolute atomic E-state index is 12.7. The van der Waals surface area contributed by atoms with E-state index >= 15 is 0 Å². The quantitative estimate of drug-likeness (QED) is 0.851. The Morgan fingerprint density at radius 3 is 2.67 bits per heavy atom. The molecule has 3 rings (SSSR count). The summed E-state index contributed by atoms with van der Waals surface area (Å²) in [6.45, 7) is 6.09. The number of likely N-dealkylation sites (tertiary alicyclic amines) is 1. The van der Waals surface area contributed by atoms with Crippen molar-refractivity contribution in [3.8, 4) is 5.82 Å². The minimum absolute atomic E-state index is 0.0946. The fourth-order valence-electron chi connectivity index (χ4n) is 3.10. The lowest BCUT2D eigenvalue weighted by Gasteiger charge is -2.35. The number of piperidine rings is 1. The van der Waals surface area contributed by atoms with Gasteiger partial charge in [0.2, 0.25) is 0 Å². The molecular formula is C16H20N4O. The molecule has 1 fully saturated rings. The molecule has 1 aliphatic rings. The van der Waals surface area contributed by atoms with Crippen molar-refractivity contribution in [1.82, 2.24) is 19.4 Å². The number of amides is 1. The van der Waals surface area contributed by atoms with E-state index in [1.807, 2.05) is 17.2 Å². The minimum atomic E-state index is 0.0946. The number of rotatable bonds is 2. The second kappa shape index (κ2) is 5.68. The van der Waals surface area contributed by atoms with Crippen LogP contribution in [0.4, 0.5) is 0 Å². The Morgan fingerprint density at radius 1 is 1.24 bits per heavy atom. The van der Waals surface area contributed by atoms with E-state index in [4.69, 9.17) is 0 Å². The first-order valence-corrected chi connectivity index (χ1v) is 7.37. The standard InChI is InChI=1S/C16H20N4O/c1-12-7-13(2)10-20(9-12)16(21)14-3-4-18-15(8-14)19-6-5-17-11-19/h3-6,8,11-13H,7,9-10H2,1-2H3/t12-,13+. The highest BCUT2D eigenvalue weighted by atomic mass is 16.2. The van der Waals surface area contributed by atoms with Crippen LogP contribution < -0.4 is 0 Å². The van der Waals surface area contributed by atoms with Gasteiger partial charge in [0, 0.05) is 37.2 Å². The molecule has 2 aromatic rings. The fourth-order valence-corrected chi connectivity index (χ4v) is 3.10. The monoisotopic (exact) mass is 284 g/mol. The smallest absolute Gasteiger partial charge is 0.254 e. The van der Waals surface area contributed by atoms with Gasteiger partial charge in [-0.2, -0.15) is 0 Å². The van der Waals surface area contributed by atoms with Gasteiger partial charge in [-0.15, -0.1) is 0 Å². The number of carbonyl (C=O) groups is 1. The summed E-state index contributed by atoms with van der Waals surface area (Å²) >= 11 is 0. The molecule has 0 aromatic carbocycles. The van der Waals surface area contributed by atoms with Gasteiger partial charge in [-0.1, -0.05) is 13.8 Å². The van der Waals surface area contributed by atoms with Gasteiger partial charge < -0.3 is 4.90 Å². The second-order valence-corrected chi connectivity index (χ2v) is 6.03. The molecule has 5 nitrogen and oxygen atoms in total. The molecule has 0 spiro atoms. The Kier molecular flexibility index (Phi) is 3.73. The lowest BCUT2D eigenvalue weighted by atomic mass is 9.91. The second-order valence-electron chi connectivity index (χ2n) is 6.03. The van der Waals surface area contributed by atoms with Gasteiger partial charge in [-0.3, -0.25) is 9.36 Å². The van der Waals surface area contributed by atoms with Gasteiger partial charge >= 0.3 is 0 Å². The maximum atomic E-state index is 12.7. The van der Waals surface area contributed by atoms with Gasteiger partial charge in [0.1, 0.15) is 12.1 Å². The van der Waals surface area contributed by atoms with Crippen LogP contribution in [0, 0.1) is 11.8 Å². The van der Waals surface area contributed by atoms with Gasteiger partial charge in [0.05, 0.1) is 0 Å². The summed E-state index contributed by atoms with van der Waals surface area (Å²) in [5.41, 5.74) is 0.690. The van der Waals surface area contributed by atoms with Crippen LogP contribution in [0.2, 0.25) is 0 Å². The lowest BCUT2D eigenvalue weighted by Crippen LogP contribution is -2.42. The largest absolute Gasteiger partial charge is 0.338 e. The molecule has 5 heteroatoms. The van der Waals surface area contributed by atoms with Crippen molar-refractivity contribution in [1.29, 1.82) is 0 Å². The van der Waals surface area contributed by atoms with E-state index in [-0.39, 0.29) is 5.91 Å². The van der Waals surface area contributed by atoms with Crippen LogP contribution in [-0.2, 0) is 0 Å². The maximum Gasteiger partial charge on any atom is 0.254 e. The molecule has 1 saturated heterocycles. The molecule has 0 bridgehead atoms. The van der Waals surface area contributed by atoms with Crippen LogP contribution in [0.3, 0.4) is 0 Å². The Bertz CT molecular complexity index is 613. The van der Waals surface area contributed by atoms with Gasteiger partial charge in [-0.05, 0) is 30.4 Å². The highest BCUT2D eigenvalue weighted by Crippen LogP contribution is 2.22. The number of pyridine rings is 1. The van der Waals surface area contributed by atoms with E-state index in [1.165, 1.54) is 6.42 Å². The molecule has 2 atom stereocenters. The van der Waals surface area contributed by atoms with Crippen molar-refractivity contribution >= 4 is 5.91 Å². The van der Waals surface area contributed by atoms with Gasteiger partial charge in [0.25, 0.3) is 5.91 Å². The first-order chi connectivity index (χ1) is 10.1. The zero-order chi connectivity index (χ0) is 14.8. The Labute approximate surface area is 124 Å². The van der Waals surface area contributed by atoms with Crippen LogP contribution in [0.25, 0.3) is 5.82 Å². The van der Waals surface area contributed by atoms with Crippen molar-refractivity contribution in [2.45, 2.75) is 20.3 Å². The Morgan fingerprint density at radius 2 is 2.00 bits per heavy atom. The molecule has 1 aliphatic heterocycles. The molecule has 110 valence electrons. The fraction of sp³-hybridized carbons (Fsp3) is 0.438. The molecule has 0 N–H and O–H groups in total. The Hall–Kier alpha value is -2.17. The Balaban J connectivity index is 1.83. The van der Waals surface area contributed by atoms with Gasteiger partial charge in [0.15, 0.2) is 0 Å². The molecule has 21 heavy (non-hydrogen) atoms. The molecule has 0 unspecified atom stereocenters. The predicted octanol–water partition coefficient (Wildman–Crippen LogP) is 2.39. The predicted molar refractivity (Wildman–Crippen MR) is 80.2 cm³/mol. The van der Waals surface area contributed by atoms with Crippen molar-refractivity contribution < 1.29 is 4.79 Å². The zero-order valence-corrected chi connectivity index (χ0v) is 12.4. The van der Waals surface area contributed by atoms with Crippen LogP contribution in [0.5, 0.6) is 0 Å². The summed E-state index contributed by atoms with van der Waals surface area (Å²) in [7, 11) is 0. The highest BCUT2D eigenvalue weighted by Gasteiger charge is 2.26. The third-order valence-corrected chi connectivity index (χ3v) is 3.92. The van der Waals surface area contributed by atoms with Crippen LogP contribution in [-0.4, -0.2) is 38.4 Å². The van der Waals surface area contributed by atoms with Crippen LogP contribution in [0.15, 0.2) is 37.1 Å². The molecule has 0 saturated carbocycles. The van der Waals surface area contributed by atoms with Crippen molar-refractivity contribution in [2.75, 3.05) is 13.1 Å². The average molecular weight is 284 g/mol. The third-order valence-electron chi connectivity index (χ3n) is 3.92. The van der Waals surface area contributed by atoms with Crippen LogP contribution >= 0.6 is 0 Å². The number of imidazole rings is 1. The summed E-state index contributed by atoms with van der Waals surface area (Å²) < 4.78 is 1.80. The normalized spacial score (nSPS) is 22.3. The number of hydrogen-bond donors (Lipinski definition) is 0. The number of nitrogens with zero attached hydrogens (tertiary/aromatic N) is 4. The van der Waals surface area contributed by atoms with E-state index in [9.17, 15) is 4.79 Å². The van der Waals surface area contributed by atoms with Crippen molar-refractivity contribution in [2.24, 2.45) is 11.8 Å². The number of hydrogen-bond acceptors (Lipinski definition) is 3. The third kappa shape index (κ3) is 2.96. The molecule has 3 heterocycles. The number of carbonyl (C=O) groups excluding carboxylic acids is 1. The lowest BCUT2D eigenvalue weighted by molar-refractivity contribution is 0.0623. The van der Waals surface area contributed by atoms with E-state index in [0.29, 0.717) is 17.4 Å². The molecule has 1 amide bonds. The van der Waals surface area contributed by atoms with Crippen molar-refractivity contribution in [3.63, 3.8) is 0 Å². The number of aromatic nitrogens is 3. The molecular weight excluding hydrogens is 264 g/mol.